The number of benzene rings is 2. The van der Waals surface area contributed by atoms with Gasteiger partial charge in [0.05, 0.1) is 11.1 Å². The number of aromatic nitrogens is 1. The van der Waals surface area contributed by atoms with Gasteiger partial charge in [-0.25, -0.2) is 9.18 Å². The molecule has 0 spiro atoms. The molecule has 0 aliphatic carbocycles. The molecule has 21 heavy (non-hydrogen) atoms. The molecule has 0 saturated carbocycles. The Morgan fingerprint density at radius 2 is 2.05 bits per heavy atom. The largest absolute Gasteiger partial charge is 0.478 e. The molecule has 1 heterocycles. The molecule has 2 aromatic carbocycles. The van der Waals surface area contributed by atoms with E-state index in [1.165, 1.54) is 12.1 Å². The molecule has 3 rings (SSSR count). The van der Waals surface area contributed by atoms with E-state index in [1.807, 2.05) is 12.1 Å². The molecule has 1 N–H and O–H groups in total. The Morgan fingerprint density at radius 1 is 1.24 bits per heavy atom. The Labute approximate surface area is 125 Å². The van der Waals surface area contributed by atoms with Gasteiger partial charge < -0.3 is 9.67 Å². The molecule has 0 aliphatic heterocycles. The highest BCUT2D eigenvalue weighted by Crippen LogP contribution is 2.24. The lowest BCUT2D eigenvalue weighted by Crippen LogP contribution is -2.04. The lowest BCUT2D eigenvalue weighted by Gasteiger charge is -2.09. The van der Waals surface area contributed by atoms with Crippen molar-refractivity contribution >= 4 is 28.5 Å². The Hall–Kier alpha value is -2.33. The normalized spacial score (nSPS) is 11.0. The molecule has 0 bridgehead atoms. The van der Waals surface area contributed by atoms with Crippen LogP contribution in [0.4, 0.5) is 4.39 Å². The number of hydrogen-bond donors (Lipinski definition) is 1. The Kier molecular flexibility index (Phi) is 3.39. The van der Waals surface area contributed by atoms with E-state index >= 15 is 0 Å². The summed E-state index contributed by atoms with van der Waals surface area (Å²) in [5.41, 5.74) is 1.59. The van der Waals surface area contributed by atoms with Crippen molar-refractivity contribution < 1.29 is 14.3 Å². The summed E-state index contributed by atoms with van der Waals surface area (Å²) in [4.78, 5) is 11.3. The van der Waals surface area contributed by atoms with Crippen LogP contribution in [0.25, 0.3) is 10.9 Å². The molecule has 0 atom stereocenters. The van der Waals surface area contributed by atoms with Gasteiger partial charge in [0.1, 0.15) is 5.82 Å². The molecule has 0 saturated heterocycles. The van der Waals surface area contributed by atoms with E-state index in [0.29, 0.717) is 17.1 Å². The minimum absolute atomic E-state index is 0.232. The number of para-hydroxylation sites is 1. The van der Waals surface area contributed by atoms with Crippen LogP contribution in [0, 0.1) is 5.82 Å². The quantitative estimate of drug-likeness (QED) is 0.788. The molecule has 5 heteroatoms. The standard InChI is InChI=1S/C16H11ClFNO2/c17-14-8-12(18)5-4-11(14)9-19-7-6-10-2-1-3-13(15(10)19)16(20)21/h1-8H,9H2,(H,20,21). The predicted molar refractivity (Wildman–Crippen MR) is 79.4 cm³/mol. The number of carboxylic acid groups (broad SMARTS) is 1. The van der Waals surface area contributed by atoms with Crippen LogP contribution >= 0.6 is 11.6 Å². The van der Waals surface area contributed by atoms with Crippen LogP contribution in [-0.4, -0.2) is 15.6 Å². The average Bonchev–Trinajstić information content (AvgIpc) is 2.85. The van der Waals surface area contributed by atoms with Gasteiger partial charge in [0.25, 0.3) is 0 Å². The zero-order valence-corrected chi connectivity index (χ0v) is 11.6. The molecule has 0 amide bonds. The SMILES string of the molecule is O=C(O)c1cccc2ccn(Cc3ccc(F)cc3Cl)c12. The van der Waals surface area contributed by atoms with Crippen LogP contribution in [-0.2, 0) is 6.54 Å². The van der Waals surface area contributed by atoms with Crippen molar-refractivity contribution in [3.05, 3.63) is 70.6 Å². The predicted octanol–water partition coefficient (Wildman–Crippen LogP) is 4.18. The number of aromatic carboxylic acids is 1. The van der Waals surface area contributed by atoms with E-state index in [9.17, 15) is 14.3 Å². The molecular formula is C16H11ClFNO2. The van der Waals surface area contributed by atoms with Crippen molar-refractivity contribution in [1.29, 1.82) is 0 Å². The van der Waals surface area contributed by atoms with Gasteiger partial charge in [0, 0.05) is 23.2 Å². The molecule has 3 nitrogen and oxygen atoms in total. The number of fused-ring (bicyclic) bond motifs is 1. The maximum absolute atomic E-state index is 13.1. The first-order valence-corrected chi connectivity index (χ1v) is 6.69. The fourth-order valence-electron chi connectivity index (χ4n) is 2.40. The van der Waals surface area contributed by atoms with Gasteiger partial charge in [-0.2, -0.15) is 0 Å². The highest BCUT2D eigenvalue weighted by atomic mass is 35.5. The number of carboxylic acids is 1. The topological polar surface area (TPSA) is 42.2 Å². The second kappa shape index (κ2) is 5.22. The smallest absolute Gasteiger partial charge is 0.337 e. The third-order valence-electron chi connectivity index (χ3n) is 3.37. The molecular weight excluding hydrogens is 293 g/mol. The van der Waals surface area contributed by atoms with Gasteiger partial charge in [-0.05, 0) is 29.8 Å². The van der Waals surface area contributed by atoms with E-state index in [2.05, 4.69) is 0 Å². The second-order valence-corrected chi connectivity index (χ2v) is 5.14. The molecule has 0 unspecified atom stereocenters. The summed E-state index contributed by atoms with van der Waals surface area (Å²) >= 11 is 6.03. The van der Waals surface area contributed by atoms with Gasteiger partial charge in [-0.3, -0.25) is 0 Å². The summed E-state index contributed by atoms with van der Waals surface area (Å²) < 4.78 is 14.9. The second-order valence-electron chi connectivity index (χ2n) is 4.73. The molecule has 1 aromatic heterocycles. The Bertz CT molecular complexity index is 841. The lowest BCUT2D eigenvalue weighted by atomic mass is 10.1. The van der Waals surface area contributed by atoms with Gasteiger partial charge in [0.2, 0.25) is 0 Å². The van der Waals surface area contributed by atoms with Crippen molar-refractivity contribution in [2.45, 2.75) is 6.54 Å². The van der Waals surface area contributed by atoms with E-state index in [0.717, 1.165) is 10.9 Å². The van der Waals surface area contributed by atoms with E-state index < -0.39 is 11.8 Å². The van der Waals surface area contributed by atoms with Crippen molar-refractivity contribution in [2.75, 3.05) is 0 Å². The monoisotopic (exact) mass is 303 g/mol. The fourth-order valence-corrected chi connectivity index (χ4v) is 2.63. The maximum Gasteiger partial charge on any atom is 0.337 e. The Morgan fingerprint density at radius 3 is 2.76 bits per heavy atom. The number of rotatable bonds is 3. The van der Waals surface area contributed by atoms with E-state index in [1.54, 1.807) is 29.0 Å². The van der Waals surface area contributed by atoms with Crippen LogP contribution in [0.5, 0.6) is 0 Å². The Balaban J connectivity index is 2.11. The maximum atomic E-state index is 13.1. The van der Waals surface area contributed by atoms with Crippen LogP contribution in [0.15, 0.2) is 48.7 Å². The zero-order chi connectivity index (χ0) is 15.0. The lowest BCUT2D eigenvalue weighted by molar-refractivity contribution is 0.0698. The summed E-state index contributed by atoms with van der Waals surface area (Å²) in [6.45, 7) is 0.382. The first-order chi connectivity index (χ1) is 10.1. The van der Waals surface area contributed by atoms with Gasteiger partial charge in [-0.1, -0.05) is 29.8 Å². The van der Waals surface area contributed by atoms with Crippen LogP contribution in [0.3, 0.4) is 0 Å². The molecule has 0 fully saturated rings. The summed E-state index contributed by atoms with van der Waals surface area (Å²) in [6.07, 6.45) is 1.80. The highest BCUT2D eigenvalue weighted by molar-refractivity contribution is 6.31. The number of halogens is 2. The van der Waals surface area contributed by atoms with Gasteiger partial charge >= 0.3 is 5.97 Å². The third kappa shape index (κ3) is 2.50. The number of nitrogens with zero attached hydrogens (tertiary/aromatic N) is 1. The summed E-state index contributed by atoms with van der Waals surface area (Å²) in [5.74, 6) is -1.38. The van der Waals surface area contributed by atoms with Crippen molar-refractivity contribution in [3.8, 4) is 0 Å². The molecule has 0 radical (unpaired) electrons. The zero-order valence-electron chi connectivity index (χ0n) is 10.9. The summed E-state index contributed by atoms with van der Waals surface area (Å²) in [7, 11) is 0. The molecule has 0 aliphatic rings. The van der Waals surface area contributed by atoms with Crippen LogP contribution in [0.2, 0.25) is 5.02 Å². The third-order valence-corrected chi connectivity index (χ3v) is 3.73. The first-order valence-electron chi connectivity index (χ1n) is 6.31. The van der Waals surface area contributed by atoms with Crippen LogP contribution < -0.4 is 0 Å². The van der Waals surface area contributed by atoms with Crippen molar-refractivity contribution in [2.24, 2.45) is 0 Å². The first kappa shape index (κ1) is 13.6. The average molecular weight is 304 g/mol. The number of carbonyl (C=O) groups is 1. The fraction of sp³-hybridized carbons (Fsp3) is 0.0625. The van der Waals surface area contributed by atoms with Gasteiger partial charge in [-0.15, -0.1) is 0 Å². The van der Waals surface area contributed by atoms with Gasteiger partial charge in [0.15, 0.2) is 0 Å². The minimum Gasteiger partial charge on any atom is -0.478 e. The summed E-state index contributed by atoms with van der Waals surface area (Å²) in [6, 6.07) is 11.2. The number of hydrogen-bond acceptors (Lipinski definition) is 1. The van der Waals surface area contributed by atoms with E-state index in [-0.39, 0.29) is 5.56 Å². The van der Waals surface area contributed by atoms with Crippen molar-refractivity contribution in [3.63, 3.8) is 0 Å². The molecule has 106 valence electrons. The van der Waals surface area contributed by atoms with Crippen LogP contribution in [0.1, 0.15) is 15.9 Å². The highest BCUT2D eigenvalue weighted by Gasteiger charge is 2.13. The van der Waals surface area contributed by atoms with Crippen molar-refractivity contribution in [1.82, 2.24) is 4.57 Å². The molecule has 3 aromatic rings. The minimum atomic E-state index is -0.981. The summed E-state index contributed by atoms with van der Waals surface area (Å²) in [5, 5.41) is 10.5. The van der Waals surface area contributed by atoms with E-state index in [4.69, 9.17) is 11.6 Å².